The van der Waals surface area contributed by atoms with Crippen molar-refractivity contribution in [3.63, 3.8) is 0 Å². The van der Waals surface area contributed by atoms with Crippen LogP contribution in [0.4, 0.5) is 4.39 Å². The predicted molar refractivity (Wildman–Crippen MR) is 72.4 cm³/mol. The number of pyridine rings is 1. The van der Waals surface area contributed by atoms with Gasteiger partial charge in [-0.1, -0.05) is 17.7 Å². The molecule has 2 atom stereocenters. The van der Waals surface area contributed by atoms with Gasteiger partial charge in [-0.25, -0.2) is 4.39 Å². The van der Waals surface area contributed by atoms with E-state index in [2.05, 4.69) is 4.98 Å². The Morgan fingerprint density at radius 2 is 1.95 bits per heavy atom. The molecule has 5 heteroatoms. The van der Waals surface area contributed by atoms with Gasteiger partial charge >= 0.3 is 0 Å². The zero-order valence-corrected chi connectivity index (χ0v) is 10.9. The Kier molecular flexibility index (Phi) is 4.47. The fourth-order valence-electron chi connectivity index (χ4n) is 2.02. The summed E-state index contributed by atoms with van der Waals surface area (Å²) in [5, 5.41) is 10.6. The molecule has 0 aliphatic heterocycles. The van der Waals surface area contributed by atoms with Crippen molar-refractivity contribution < 1.29 is 9.50 Å². The van der Waals surface area contributed by atoms with Crippen molar-refractivity contribution >= 4 is 11.6 Å². The van der Waals surface area contributed by atoms with E-state index in [-0.39, 0.29) is 17.5 Å². The molecule has 0 aliphatic carbocycles. The maximum absolute atomic E-state index is 13.0. The molecule has 3 N–H and O–H groups in total. The van der Waals surface area contributed by atoms with Gasteiger partial charge < -0.3 is 10.8 Å². The first-order valence-corrected chi connectivity index (χ1v) is 6.24. The van der Waals surface area contributed by atoms with Crippen molar-refractivity contribution in [1.29, 1.82) is 0 Å². The monoisotopic (exact) mass is 280 g/mol. The van der Waals surface area contributed by atoms with Crippen LogP contribution in [0.5, 0.6) is 0 Å². The topological polar surface area (TPSA) is 59.1 Å². The summed E-state index contributed by atoms with van der Waals surface area (Å²) >= 11 is 5.96. The Balaban J connectivity index is 2.33. The lowest BCUT2D eigenvalue weighted by Crippen LogP contribution is -2.20. The summed E-state index contributed by atoms with van der Waals surface area (Å²) in [6.07, 6.45) is 2.38. The molecule has 2 rings (SSSR count). The highest BCUT2D eigenvalue weighted by molar-refractivity contribution is 6.31. The van der Waals surface area contributed by atoms with Gasteiger partial charge in [-0.3, -0.25) is 4.98 Å². The summed E-state index contributed by atoms with van der Waals surface area (Å²) in [6, 6.07) is 7.51. The van der Waals surface area contributed by atoms with Gasteiger partial charge in [-0.15, -0.1) is 0 Å². The molecule has 0 spiro atoms. The first-order chi connectivity index (χ1) is 9.13. The third kappa shape index (κ3) is 3.10. The molecule has 3 nitrogen and oxygen atoms in total. The molecule has 0 bridgehead atoms. The standard InChI is InChI=1S/C14H14ClFN2O/c15-13-7-10(16)1-2-11(13)14(19)12(8-17)9-3-5-18-6-4-9/h1-7,12,14,19H,8,17H2. The minimum absolute atomic E-state index is 0.194. The van der Waals surface area contributed by atoms with Crippen LogP contribution < -0.4 is 5.73 Å². The molecule has 0 aliphatic rings. The number of hydrogen-bond donors (Lipinski definition) is 2. The van der Waals surface area contributed by atoms with Gasteiger partial charge in [-0.05, 0) is 35.4 Å². The van der Waals surface area contributed by atoms with Gasteiger partial charge in [0.1, 0.15) is 5.82 Å². The van der Waals surface area contributed by atoms with E-state index in [0.717, 1.165) is 5.56 Å². The van der Waals surface area contributed by atoms with Crippen molar-refractivity contribution in [2.75, 3.05) is 6.54 Å². The lowest BCUT2D eigenvalue weighted by molar-refractivity contribution is 0.147. The second-order valence-electron chi connectivity index (χ2n) is 4.23. The highest BCUT2D eigenvalue weighted by atomic mass is 35.5. The Bertz CT molecular complexity index is 550. The lowest BCUT2D eigenvalue weighted by Gasteiger charge is -2.23. The molecule has 100 valence electrons. The smallest absolute Gasteiger partial charge is 0.124 e. The molecule has 19 heavy (non-hydrogen) atoms. The summed E-state index contributed by atoms with van der Waals surface area (Å²) in [5.74, 6) is -0.750. The summed E-state index contributed by atoms with van der Waals surface area (Å²) in [6.45, 7) is 0.249. The molecular weight excluding hydrogens is 267 g/mol. The first kappa shape index (κ1) is 13.9. The van der Waals surface area contributed by atoms with E-state index in [9.17, 15) is 9.50 Å². The Morgan fingerprint density at radius 1 is 1.26 bits per heavy atom. The van der Waals surface area contributed by atoms with Crippen LogP contribution in [0.3, 0.4) is 0 Å². The number of aromatic nitrogens is 1. The van der Waals surface area contributed by atoms with Crippen molar-refractivity contribution in [2.45, 2.75) is 12.0 Å². The van der Waals surface area contributed by atoms with E-state index in [0.29, 0.717) is 5.56 Å². The van der Waals surface area contributed by atoms with Gasteiger partial charge in [0.15, 0.2) is 0 Å². The normalized spacial score (nSPS) is 14.1. The van der Waals surface area contributed by atoms with E-state index in [1.807, 2.05) is 0 Å². The van der Waals surface area contributed by atoms with Crippen LogP contribution in [0, 0.1) is 5.82 Å². The second kappa shape index (κ2) is 6.10. The van der Waals surface area contributed by atoms with Crippen molar-refractivity contribution in [3.8, 4) is 0 Å². The quantitative estimate of drug-likeness (QED) is 0.905. The molecule has 0 radical (unpaired) electrons. The second-order valence-corrected chi connectivity index (χ2v) is 4.64. The first-order valence-electron chi connectivity index (χ1n) is 5.86. The minimum atomic E-state index is -0.888. The summed E-state index contributed by atoms with van der Waals surface area (Å²) in [5.41, 5.74) is 7.06. The van der Waals surface area contributed by atoms with Gasteiger partial charge in [0, 0.05) is 29.9 Å². The number of aliphatic hydroxyl groups excluding tert-OH is 1. The van der Waals surface area contributed by atoms with E-state index < -0.39 is 11.9 Å². The summed E-state index contributed by atoms with van der Waals surface area (Å²) < 4.78 is 13.0. The van der Waals surface area contributed by atoms with Gasteiger partial charge in [0.25, 0.3) is 0 Å². The zero-order chi connectivity index (χ0) is 13.8. The average Bonchev–Trinajstić information content (AvgIpc) is 2.40. The van der Waals surface area contributed by atoms with E-state index >= 15 is 0 Å². The third-order valence-electron chi connectivity index (χ3n) is 3.05. The highest BCUT2D eigenvalue weighted by Gasteiger charge is 2.23. The van der Waals surface area contributed by atoms with Crippen LogP contribution in [0.25, 0.3) is 0 Å². The van der Waals surface area contributed by atoms with E-state index in [1.165, 1.54) is 18.2 Å². The van der Waals surface area contributed by atoms with E-state index in [1.54, 1.807) is 24.5 Å². The molecule has 0 fully saturated rings. The highest BCUT2D eigenvalue weighted by Crippen LogP contribution is 2.33. The van der Waals surface area contributed by atoms with Crippen LogP contribution in [0.15, 0.2) is 42.7 Å². The van der Waals surface area contributed by atoms with Crippen molar-refractivity contribution in [2.24, 2.45) is 5.73 Å². The lowest BCUT2D eigenvalue weighted by atomic mass is 9.90. The number of hydrogen-bond acceptors (Lipinski definition) is 3. The maximum Gasteiger partial charge on any atom is 0.124 e. The molecule has 1 aromatic heterocycles. The maximum atomic E-state index is 13.0. The number of nitrogens with zero attached hydrogens (tertiary/aromatic N) is 1. The van der Waals surface area contributed by atoms with Crippen molar-refractivity contribution in [3.05, 3.63) is 64.7 Å². The Hall–Kier alpha value is -1.49. The van der Waals surface area contributed by atoms with E-state index in [4.69, 9.17) is 17.3 Å². The van der Waals surface area contributed by atoms with Crippen molar-refractivity contribution in [1.82, 2.24) is 4.98 Å². The zero-order valence-electron chi connectivity index (χ0n) is 10.1. The molecule has 1 heterocycles. The number of rotatable bonds is 4. The fraction of sp³-hybridized carbons (Fsp3) is 0.214. The van der Waals surface area contributed by atoms with Gasteiger partial charge in [-0.2, -0.15) is 0 Å². The molecule has 0 saturated carbocycles. The number of nitrogens with two attached hydrogens (primary N) is 1. The SMILES string of the molecule is NCC(c1ccncc1)C(O)c1ccc(F)cc1Cl. The minimum Gasteiger partial charge on any atom is -0.388 e. The number of halogens is 2. The molecule has 2 aromatic rings. The average molecular weight is 281 g/mol. The van der Waals surface area contributed by atoms with Crippen LogP contribution in [0.1, 0.15) is 23.1 Å². The Labute approximate surface area is 115 Å². The molecule has 2 unspecified atom stereocenters. The van der Waals surface area contributed by atoms with Gasteiger partial charge in [0.2, 0.25) is 0 Å². The van der Waals surface area contributed by atoms with Crippen LogP contribution in [0.2, 0.25) is 5.02 Å². The third-order valence-corrected chi connectivity index (χ3v) is 3.38. The fourth-order valence-corrected chi connectivity index (χ4v) is 2.30. The van der Waals surface area contributed by atoms with Crippen LogP contribution in [-0.2, 0) is 0 Å². The molecule has 0 amide bonds. The molecular formula is C14H14ClFN2O. The Morgan fingerprint density at radius 3 is 2.53 bits per heavy atom. The van der Waals surface area contributed by atoms with Crippen LogP contribution in [-0.4, -0.2) is 16.6 Å². The van der Waals surface area contributed by atoms with Gasteiger partial charge in [0.05, 0.1) is 6.10 Å². The predicted octanol–water partition coefficient (Wildman–Crippen LogP) is 2.65. The number of aliphatic hydroxyl groups is 1. The molecule has 0 saturated heterocycles. The summed E-state index contributed by atoms with van der Waals surface area (Å²) in [4.78, 5) is 3.93. The molecule has 1 aromatic carbocycles. The number of benzene rings is 1. The van der Waals surface area contributed by atoms with Crippen LogP contribution >= 0.6 is 11.6 Å². The summed E-state index contributed by atoms with van der Waals surface area (Å²) in [7, 11) is 0. The largest absolute Gasteiger partial charge is 0.388 e.